The van der Waals surface area contributed by atoms with Crippen LogP contribution < -0.4 is 0 Å². The number of likely N-dealkylation sites (N-methyl/N-ethyl adjacent to an activating group) is 1. The molecule has 0 bridgehead atoms. The van der Waals surface area contributed by atoms with Crippen LogP contribution in [0.2, 0.25) is 0 Å². The highest BCUT2D eigenvalue weighted by molar-refractivity contribution is 5.17. The van der Waals surface area contributed by atoms with Crippen molar-refractivity contribution in [2.24, 2.45) is 5.92 Å². The summed E-state index contributed by atoms with van der Waals surface area (Å²) < 4.78 is 5.95. The quantitative estimate of drug-likeness (QED) is 0.675. The zero-order valence-corrected chi connectivity index (χ0v) is 10.5. The van der Waals surface area contributed by atoms with Crippen LogP contribution in [0, 0.1) is 5.92 Å². The van der Waals surface area contributed by atoms with Crippen molar-refractivity contribution in [3.05, 3.63) is 11.3 Å². The van der Waals surface area contributed by atoms with Gasteiger partial charge in [-0.3, -0.25) is 0 Å². The number of allylic oxidation sites excluding steroid dienone is 1. The van der Waals surface area contributed by atoms with Crippen LogP contribution in [0.4, 0.5) is 0 Å². The molecule has 2 atom stereocenters. The molecule has 0 aromatic carbocycles. The molecule has 0 spiro atoms. The summed E-state index contributed by atoms with van der Waals surface area (Å²) >= 11 is 0. The van der Waals surface area contributed by atoms with Gasteiger partial charge in [0.1, 0.15) is 6.10 Å². The summed E-state index contributed by atoms with van der Waals surface area (Å²) in [6.45, 7) is 11.0. The van der Waals surface area contributed by atoms with E-state index in [1.165, 1.54) is 5.57 Å². The summed E-state index contributed by atoms with van der Waals surface area (Å²) in [5.74, 6) is 1.63. The van der Waals surface area contributed by atoms with Gasteiger partial charge in [0.2, 0.25) is 0 Å². The van der Waals surface area contributed by atoms with E-state index in [4.69, 9.17) is 4.74 Å². The molecule has 82 valence electrons. The molecule has 0 N–H and O–H groups in total. The van der Waals surface area contributed by atoms with Gasteiger partial charge in [0, 0.05) is 5.92 Å². The highest BCUT2D eigenvalue weighted by Crippen LogP contribution is 2.37. The first-order valence-corrected chi connectivity index (χ1v) is 5.30. The second-order valence-electron chi connectivity index (χ2n) is 5.11. The monoisotopic (exact) mass is 197 g/mol. The molecular weight excluding hydrogens is 174 g/mol. The lowest BCUT2D eigenvalue weighted by molar-refractivity contribution is -0.00909. The van der Waals surface area contributed by atoms with E-state index >= 15 is 0 Å². The molecule has 1 heterocycles. The third-order valence-corrected chi connectivity index (χ3v) is 3.85. The van der Waals surface area contributed by atoms with E-state index in [1.807, 2.05) is 0 Å². The Labute approximate surface area is 87.9 Å². The van der Waals surface area contributed by atoms with Crippen LogP contribution in [0.15, 0.2) is 11.3 Å². The van der Waals surface area contributed by atoms with Crippen LogP contribution in [0.3, 0.4) is 0 Å². The maximum absolute atomic E-state index is 5.95. The van der Waals surface area contributed by atoms with Crippen LogP contribution in [0.5, 0.6) is 0 Å². The number of hydrogen-bond donors (Lipinski definition) is 0. The van der Waals surface area contributed by atoms with E-state index in [9.17, 15) is 0 Å². The zero-order valence-electron chi connectivity index (χ0n) is 10.5. The third-order valence-electron chi connectivity index (χ3n) is 3.85. The van der Waals surface area contributed by atoms with E-state index in [0.717, 1.165) is 5.76 Å². The van der Waals surface area contributed by atoms with Crippen LogP contribution in [0.1, 0.15) is 34.6 Å². The summed E-state index contributed by atoms with van der Waals surface area (Å²) in [6, 6.07) is 0. The smallest absolute Gasteiger partial charge is 0.122 e. The maximum Gasteiger partial charge on any atom is 0.122 e. The fourth-order valence-corrected chi connectivity index (χ4v) is 1.94. The third kappa shape index (κ3) is 1.68. The highest BCUT2D eigenvalue weighted by Gasteiger charge is 2.41. The summed E-state index contributed by atoms with van der Waals surface area (Å²) in [6.07, 6.45) is 0.275. The molecule has 1 aliphatic rings. The molecule has 0 fully saturated rings. The topological polar surface area (TPSA) is 12.5 Å². The van der Waals surface area contributed by atoms with Gasteiger partial charge in [-0.25, -0.2) is 0 Å². The largest absolute Gasteiger partial charge is 0.493 e. The second kappa shape index (κ2) is 3.58. The van der Waals surface area contributed by atoms with Gasteiger partial charge in [-0.05, 0) is 47.4 Å². The van der Waals surface area contributed by atoms with Gasteiger partial charge in [-0.15, -0.1) is 0 Å². The fourth-order valence-electron chi connectivity index (χ4n) is 1.94. The summed E-state index contributed by atoms with van der Waals surface area (Å²) in [7, 11) is 4.22. The Hall–Kier alpha value is -0.500. The number of nitrogens with zero attached hydrogens (tertiary/aromatic N) is 1. The predicted octanol–water partition coefficient (Wildman–Crippen LogP) is 2.66. The van der Waals surface area contributed by atoms with Gasteiger partial charge in [0.25, 0.3) is 0 Å². The van der Waals surface area contributed by atoms with Crippen molar-refractivity contribution in [3.8, 4) is 0 Å². The molecular formula is C12H23NO. The minimum Gasteiger partial charge on any atom is -0.493 e. The molecule has 0 aliphatic carbocycles. The van der Waals surface area contributed by atoms with Gasteiger partial charge < -0.3 is 9.64 Å². The highest BCUT2D eigenvalue weighted by atomic mass is 16.5. The molecule has 1 rings (SSSR count). The minimum absolute atomic E-state index is 0.0818. The Balaban J connectivity index is 2.86. The van der Waals surface area contributed by atoms with Crippen molar-refractivity contribution in [2.45, 2.75) is 46.3 Å². The van der Waals surface area contributed by atoms with Crippen LogP contribution in [-0.2, 0) is 4.74 Å². The van der Waals surface area contributed by atoms with Crippen molar-refractivity contribution in [1.29, 1.82) is 0 Å². The second-order valence-corrected chi connectivity index (χ2v) is 5.11. The molecule has 1 aliphatic heterocycles. The van der Waals surface area contributed by atoms with Crippen LogP contribution in [0.25, 0.3) is 0 Å². The lowest BCUT2D eigenvalue weighted by atomic mass is 9.85. The molecule has 2 unspecified atom stereocenters. The Morgan fingerprint density at radius 2 is 1.71 bits per heavy atom. The summed E-state index contributed by atoms with van der Waals surface area (Å²) in [5.41, 5.74) is 1.48. The summed E-state index contributed by atoms with van der Waals surface area (Å²) in [5, 5.41) is 0. The number of rotatable bonds is 2. The Bertz CT molecular complexity index is 253. The van der Waals surface area contributed by atoms with Gasteiger partial charge >= 0.3 is 0 Å². The minimum atomic E-state index is 0.0818. The summed E-state index contributed by atoms with van der Waals surface area (Å²) in [4.78, 5) is 2.24. The normalized spacial score (nSPS) is 28.6. The first-order valence-electron chi connectivity index (χ1n) is 5.30. The Kier molecular flexibility index (Phi) is 2.96. The van der Waals surface area contributed by atoms with Crippen molar-refractivity contribution in [3.63, 3.8) is 0 Å². The van der Waals surface area contributed by atoms with Gasteiger partial charge in [-0.1, -0.05) is 6.92 Å². The maximum atomic E-state index is 5.95. The van der Waals surface area contributed by atoms with E-state index in [2.05, 4.69) is 53.6 Å². The Morgan fingerprint density at radius 3 is 2.00 bits per heavy atom. The molecule has 0 radical (unpaired) electrons. The predicted molar refractivity (Wildman–Crippen MR) is 60.2 cm³/mol. The van der Waals surface area contributed by atoms with Gasteiger partial charge in [0.15, 0.2) is 0 Å². The molecule has 0 saturated heterocycles. The zero-order chi connectivity index (χ0) is 11.1. The molecule has 2 heteroatoms. The van der Waals surface area contributed by atoms with Crippen molar-refractivity contribution in [1.82, 2.24) is 4.90 Å². The molecule has 0 aromatic heterocycles. The van der Waals surface area contributed by atoms with Crippen molar-refractivity contribution >= 4 is 0 Å². The van der Waals surface area contributed by atoms with E-state index in [-0.39, 0.29) is 11.6 Å². The van der Waals surface area contributed by atoms with E-state index in [1.54, 1.807) is 0 Å². The SMILES string of the molecule is CC1=C(C)C(C)C(C(C)(C)N(C)C)O1. The van der Waals surface area contributed by atoms with Gasteiger partial charge in [-0.2, -0.15) is 0 Å². The fraction of sp³-hybridized carbons (Fsp3) is 0.833. The molecule has 0 aromatic rings. The Morgan fingerprint density at radius 1 is 1.21 bits per heavy atom. The average Bonchev–Trinajstić information content (AvgIpc) is 2.33. The van der Waals surface area contributed by atoms with Gasteiger partial charge in [0.05, 0.1) is 11.3 Å². The number of hydrogen-bond acceptors (Lipinski definition) is 2. The van der Waals surface area contributed by atoms with Crippen molar-refractivity contribution in [2.75, 3.05) is 14.1 Å². The standard InChI is InChI=1S/C12H23NO/c1-8-9(2)11(14-10(8)3)12(4,5)13(6)7/h9,11H,1-7H3. The lowest BCUT2D eigenvalue weighted by Gasteiger charge is -2.39. The van der Waals surface area contributed by atoms with E-state index in [0.29, 0.717) is 5.92 Å². The van der Waals surface area contributed by atoms with Crippen molar-refractivity contribution < 1.29 is 4.74 Å². The van der Waals surface area contributed by atoms with Crippen LogP contribution in [-0.4, -0.2) is 30.6 Å². The number of ether oxygens (including phenoxy) is 1. The lowest BCUT2D eigenvalue weighted by Crippen LogP contribution is -2.51. The first kappa shape index (κ1) is 11.6. The molecule has 0 saturated carbocycles. The molecule has 0 amide bonds. The van der Waals surface area contributed by atoms with E-state index < -0.39 is 0 Å². The molecule has 2 nitrogen and oxygen atoms in total. The average molecular weight is 197 g/mol. The van der Waals surface area contributed by atoms with Crippen LogP contribution >= 0.6 is 0 Å². The molecule has 14 heavy (non-hydrogen) atoms. The first-order chi connectivity index (χ1) is 6.28.